The molecular formula is C32H43ClN8S. The predicted octanol–water partition coefficient (Wildman–Crippen LogP) is 5.86. The highest BCUT2D eigenvalue weighted by atomic mass is 35.5. The molecule has 0 aromatic heterocycles. The first-order valence-electron chi connectivity index (χ1n) is 13.7. The Balaban J connectivity index is 2.07. The van der Waals surface area contributed by atoms with Gasteiger partial charge in [0.1, 0.15) is 18.3 Å². The zero-order valence-electron chi connectivity index (χ0n) is 25.3. The third-order valence-corrected chi connectivity index (χ3v) is 8.12. The molecule has 10 heteroatoms. The van der Waals surface area contributed by atoms with Crippen molar-refractivity contribution in [2.24, 2.45) is 15.7 Å². The average molecular weight is 607 g/mol. The van der Waals surface area contributed by atoms with Crippen LogP contribution < -0.4 is 16.4 Å². The second kappa shape index (κ2) is 15.0. The van der Waals surface area contributed by atoms with Crippen LogP contribution in [0.3, 0.4) is 0 Å². The third-order valence-electron chi connectivity index (χ3n) is 6.93. The maximum absolute atomic E-state index is 6.61. The van der Waals surface area contributed by atoms with Gasteiger partial charge in [-0.3, -0.25) is 10.0 Å². The van der Waals surface area contributed by atoms with Gasteiger partial charge in [-0.05, 0) is 69.9 Å². The van der Waals surface area contributed by atoms with Crippen LogP contribution in [-0.2, 0) is 0 Å². The molecule has 3 rings (SSSR count). The van der Waals surface area contributed by atoms with Crippen LogP contribution in [0, 0.1) is 0 Å². The molecular weight excluding hydrogens is 564 g/mol. The average Bonchev–Trinajstić information content (AvgIpc) is 3.21. The van der Waals surface area contributed by atoms with Gasteiger partial charge in [0.25, 0.3) is 0 Å². The molecule has 3 aliphatic rings. The lowest BCUT2D eigenvalue weighted by molar-refractivity contribution is 0.0431. The van der Waals surface area contributed by atoms with Crippen LogP contribution in [0.2, 0.25) is 0 Å². The van der Waals surface area contributed by atoms with E-state index in [1.807, 2.05) is 44.2 Å². The largest absolute Gasteiger partial charge is 0.384 e. The van der Waals surface area contributed by atoms with Gasteiger partial charge in [0.2, 0.25) is 0 Å². The highest BCUT2D eigenvalue weighted by Crippen LogP contribution is 2.36. The molecule has 0 spiro atoms. The fraction of sp³-hybridized carbons (Fsp3) is 0.312. The van der Waals surface area contributed by atoms with Gasteiger partial charge in [-0.2, -0.15) is 0 Å². The van der Waals surface area contributed by atoms with Gasteiger partial charge in [-0.15, -0.1) is 11.8 Å². The third kappa shape index (κ3) is 7.79. The number of likely N-dealkylation sites (N-methyl/N-ethyl adjacent to an activating group) is 1. The van der Waals surface area contributed by atoms with Crippen LogP contribution in [0.15, 0.2) is 128 Å². The lowest BCUT2D eigenvalue weighted by Gasteiger charge is -2.39. The molecule has 4 N–H and O–H groups in total. The number of nitrogens with zero attached hydrogens (tertiary/aromatic N) is 5. The first-order valence-corrected chi connectivity index (χ1v) is 15.1. The fourth-order valence-corrected chi connectivity index (χ4v) is 5.79. The number of amidine groups is 1. The number of hydrogen-bond donors (Lipinski definition) is 3. The second-order valence-corrected chi connectivity index (χ2v) is 11.8. The van der Waals surface area contributed by atoms with Gasteiger partial charge in [-0.25, -0.2) is 10.0 Å². The number of nitrogens with one attached hydrogen (secondary N) is 2. The summed E-state index contributed by atoms with van der Waals surface area (Å²) >= 11 is 8.21. The van der Waals surface area contributed by atoms with Gasteiger partial charge < -0.3 is 21.3 Å². The number of aliphatic imine (C=N–C) groups is 2. The number of halogens is 1. The zero-order chi connectivity index (χ0) is 31.0. The van der Waals surface area contributed by atoms with Crippen molar-refractivity contribution in [1.29, 1.82) is 0 Å². The summed E-state index contributed by atoms with van der Waals surface area (Å²) in [4.78, 5) is 11.6. The number of hydrogen-bond acceptors (Lipinski definition) is 9. The van der Waals surface area contributed by atoms with Crippen LogP contribution in [0.5, 0.6) is 0 Å². The lowest BCUT2D eigenvalue weighted by Crippen LogP contribution is -2.45. The van der Waals surface area contributed by atoms with Gasteiger partial charge in [-0.1, -0.05) is 49.6 Å². The number of rotatable bonds is 11. The summed E-state index contributed by atoms with van der Waals surface area (Å²) < 4.78 is 0. The number of allylic oxidation sites excluding steroid dienone is 9. The maximum Gasteiger partial charge on any atom is 0.129 e. The smallest absolute Gasteiger partial charge is 0.129 e. The molecule has 0 bridgehead atoms. The van der Waals surface area contributed by atoms with Crippen molar-refractivity contribution in [3.8, 4) is 0 Å². The highest BCUT2D eigenvalue weighted by Gasteiger charge is 2.42. The molecule has 0 aromatic rings. The van der Waals surface area contributed by atoms with E-state index in [0.29, 0.717) is 30.0 Å². The summed E-state index contributed by atoms with van der Waals surface area (Å²) in [7, 11) is 2.05. The van der Waals surface area contributed by atoms with E-state index in [2.05, 4.69) is 95.0 Å². The molecule has 0 radical (unpaired) electrons. The summed E-state index contributed by atoms with van der Waals surface area (Å²) in [5, 5.41) is 11.7. The quantitative estimate of drug-likeness (QED) is 0.154. The molecule has 0 fully saturated rings. The van der Waals surface area contributed by atoms with Crippen LogP contribution in [-0.4, -0.2) is 65.7 Å². The molecule has 42 heavy (non-hydrogen) atoms. The summed E-state index contributed by atoms with van der Waals surface area (Å²) in [5.41, 5.74) is 12.2. The standard InChI is InChI=1S/C32H43ClN8S/c1-21(2)38-20-42-23(5)17-26(15-16-35-8)30-29-31(34)36-19-37-32(29)40(39(30)9)18-27-13-11-10-12-14-28(33)24(6)25(7)41(27)22(3)4/h10-17,22,30,37-38H,1,5,7-8,18-20H2,2-4,6,9H3,(H2,34,36)/b11-10+,14-12-,16-15-,26-17+,27-13-,28-24-. The highest BCUT2D eigenvalue weighted by molar-refractivity contribution is 8.03. The van der Waals surface area contributed by atoms with Crippen LogP contribution >= 0.6 is 23.4 Å². The number of thioether (sulfide) groups is 1. The fourth-order valence-electron chi connectivity index (χ4n) is 4.89. The van der Waals surface area contributed by atoms with E-state index in [-0.39, 0.29) is 12.1 Å². The predicted molar refractivity (Wildman–Crippen MR) is 182 cm³/mol. The van der Waals surface area contributed by atoms with Crippen molar-refractivity contribution in [1.82, 2.24) is 25.6 Å². The van der Waals surface area contributed by atoms with E-state index in [9.17, 15) is 0 Å². The van der Waals surface area contributed by atoms with Crippen molar-refractivity contribution < 1.29 is 0 Å². The molecule has 1 unspecified atom stereocenters. The normalized spacial score (nSPS) is 24.7. The minimum absolute atomic E-state index is 0.133. The monoisotopic (exact) mass is 606 g/mol. The SMILES string of the molecule is C=N/C=C\C(=C/C(=C)SCNC(=C)C)C1C2=C(NCN=C2N)N(C/C2=C/C=C/C=C\C(Cl)=C(/C)C(=C)N2C(C)C)N1C. The van der Waals surface area contributed by atoms with Crippen molar-refractivity contribution in [2.75, 3.05) is 26.1 Å². The van der Waals surface area contributed by atoms with Crippen LogP contribution in [0.1, 0.15) is 27.7 Å². The molecule has 8 nitrogen and oxygen atoms in total. The van der Waals surface area contributed by atoms with Crippen molar-refractivity contribution in [2.45, 2.75) is 39.8 Å². The van der Waals surface area contributed by atoms with Crippen molar-refractivity contribution >= 4 is 35.9 Å². The molecule has 1 atom stereocenters. The van der Waals surface area contributed by atoms with Crippen LogP contribution in [0.4, 0.5) is 0 Å². The Hall–Kier alpha value is -3.66. The van der Waals surface area contributed by atoms with Crippen molar-refractivity contribution in [3.05, 3.63) is 118 Å². The minimum Gasteiger partial charge on any atom is -0.384 e. The van der Waals surface area contributed by atoms with Crippen LogP contribution in [0.25, 0.3) is 0 Å². The topological polar surface area (TPSA) is 84.5 Å². The molecule has 0 saturated carbocycles. The Bertz CT molecular complexity index is 1360. The van der Waals surface area contributed by atoms with Gasteiger partial charge in [0, 0.05) is 46.3 Å². The number of nitrogens with two attached hydrogens (primary N) is 1. The van der Waals surface area contributed by atoms with E-state index in [1.165, 1.54) is 0 Å². The maximum atomic E-state index is 6.61. The Kier molecular flexibility index (Phi) is 11.7. The Morgan fingerprint density at radius 3 is 2.74 bits per heavy atom. The molecule has 0 aliphatic carbocycles. The summed E-state index contributed by atoms with van der Waals surface area (Å²) in [6.07, 6.45) is 15.6. The van der Waals surface area contributed by atoms with E-state index < -0.39 is 0 Å². The Labute approximate surface area is 260 Å². The van der Waals surface area contributed by atoms with E-state index in [0.717, 1.165) is 44.5 Å². The summed E-state index contributed by atoms with van der Waals surface area (Å²) in [5.74, 6) is 2.07. The first-order chi connectivity index (χ1) is 20.0. The van der Waals surface area contributed by atoms with Gasteiger partial charge in [0.15, 0.2) is 0 Å². The Morgan fingerprint density at radius 2 is 2.07 bits per heavy atom. The molecule has 3 heterocycles. The summed E-state index contributed by atoms with van der Waals surface area (Å²) in [6, 6.07) is -0.111. The zero-order valence-corrected chi connectivity index (χ0v) is 26.9. The lowest BCUT2D eigenvalue weighted by atomic mass is 9.97. The van der Waals surface area contributed by atoms with E-state index in [4.69, 9.17) is 17.3 Å². The molecule has 0 saturated heterocycles. The van der Waals surface area contributed by atoms with Gasteiger partial charge in [0.05, 0.1) is 24.0 Å². The molecule has 224 valence electrons. The number of hydrazine groups is 1. The second-order valence-electron chi connectivity index (χ2n) is 10.3. The molecule has 3 aliphatic heterocycles. The first kappa shape index (κ1) is 32.8. The van der Waals surface area contributed by atoms with E-state index >= 15 is 0 Å². The Morgan fingerprint density at radius 1 is 1.33 bits per heavy atom. The molecule has 0 amide bonds. The minimum atomic E-state index is -0.244. The van der Waals surface area contributed by atoms with Crippen molar-refractivity contribution in [3.63, 3.8) is 0 Å². The molecule has 0 aromatic carbocycles. The van der Waals surface area contributed by atoms with E-state index in [1.54, 1.807) is 18.0 Å². The summed E-state index contributed by atoms with van der Waals surface area (Å²) in [6.45, 7) is 25.4. The van der Waals surface area contributed by atoms with Gasteiger partial charge >= 0.3 is 0 Å².